The monoisotopic (exact) mass is 254 g/mol. The van der Waals surface area contributed by atoms with Crippen LogP contribution in [0.2, 0.25) is 0 Å². The van der Waals surface area contributed by atoms with Crippen molar-refractivity contribution in [2.75, 3.05) is 33.5 Å². The number of hydrogen-bond acceptors (Lipinski definition) is 5. The lowest BCUT2D eigenvalue weighted by molar-refractivity contribution is 0.0544. The van der Waals surface area contributed by atoms with Crippen LogP contribution in [0.5, 0.6) is 5.75 Å². The molecule has 1 aromatic carbocycles. The zero-order chi connectivity index (χ0) is 13.2. The first-order valence-electron chi connectivity index (χ1n) is 5.55. The molecule has 0 atom stereocenters. The van der Waals surface area contributed by atoms with Crippen LogP contribution in [0.25, 0.3) is 0 Å². The van der Waals surface area contributed by atoms with Crippen LogP contribution in [0, 0.1) is 0 Å². The number of methoxy groups -OCH3 is 1. The van der Waals surface area contributed by atoms with Gasteiger partial charge in [-0.3, -0.25) is 0 Å². The molecule has 0 radical (unpaired) electrons. The molecular weight excluding hydrogens is 236 g/mol. The van der Waals surface area contributed by atoms with Gasteiger partial charge in [-0.05, 0) is 12.1 Å². The Morgan fingerprint density at radius 2 is 2.06 bits per heavy atom. The van der Waals surface area contributed by atoms with Gasteiger partial charge in [-0.2, -0.15) is 0 Å². The summed E-state index contributed by atoms with van der Waals surface area (Å²) >= 11 is 0. The largest absolute Gasteiger partial charge is 0.491 e. The molecule has 0 fully saturated rings. The molecule has 0 amide bonds. The normalized spacial score (nSPS) is 11.5. The van der Waals surface area contributed by atoms with Crippen LogP contribution in [0.1, 0.15) is 5.56 Å². The summed E-state index contributed by atoms with van der Waals surface area (Å²) in [6.07, 6.45) is 0. The van der Waals surface area contributed by atoms with Gasteiger partial charge >= 0.3 is 0 Å². The fraction of sp³-hybridized carbons (Fsp3) is 0.417. The van der Waals surface area contributed by atoms with Gasteiger partial charge in [0.1, 0.15) is 12.4 Å². The molecule has 0 saturated carbocycles. The second-order valence-corrected chi connectivity index (χ2v) is 3.47. The first-order valence-corrected chi connectivity index (χ1v) is 5.55. The van der Waals surface area contributed by atoms with Gasteiger partial charge < -0.3 is 25.2 Å². The Labute approximate surface area is 106 Å². The SMILES string of the molecule is COCCOCCOc1cccc(C(N)=NO)c1. The predicted octanol–water partition coefficient (Wildman–Crippen LogP) is 0.823. The quantitative estimate of drug-likeness (QED) is 0.236. The number of rotatable bonds is 8. The number of nitrogens with zero attached hydrogens (tertiary/aromatic N) is 1. The Morgan fingerprint density at radius 1 is 1.28 bits per heavy atom. The molecule has 0 saturated heterocycles. The van der Waals surface area contributed by atoms with E-state index < -0.39 is 0 Å². The van der Waals surface area contributed by atoms with E-state index in [1.165, 1.54) is 0 Å². The maximum absolute atomic E-state index is 8.57. The molecule has 0 heterocycles. The standard InChI is InChI=1S/C12H18N2O4/c1-16-5-6-17-7-8-18-11-4-2-3-10(9-11)12(13)14-15/h2-4,9,15H,5-8H2,1H3,(H2,13,14). The highest BCUT2D eigenvalue weighted by molar-refractivity contribution is 5.97. The average molecular weight is 254 g/mol. The summed E-state index contributed by atoms with van der Waals surface area (Å²) < 4.78 is 15.6. The van der Waals surface area contributed by atoms with Crippen LogP contribution in [0.15, 0.2) is 29.4 Å². The van der Waals surface area contributed by atoms with Gasteiger partial charge in [-0.1, -0.05) is 17.3 Å². The first-order chi connectivity index (χ1) is 8.77. The zero-order valence-electron chi connectivity index (χ0n) is 10.3. The van der Waals surface area contributed by atoms with Gasteiger partial charge in [0.15, 0.2) is 5.84 Å². The van der Waals surface area contributed by atoms with Crippen LogP contribution < -0.4 is 10.5 Å². The maximum Gasteiger partial charge on any atom is 0.170 e. The van der Waals surface area contributed by atoms with Crippen LogP contribution >= 0.6 is 0 Å². The van der Waals surface area contributed by atoms with E-state index in [-0.39, 0.29) is 5.84 Å². The highest BCUT2D eigenvalue weighted by Gasteiger charge is 2.01. The molecular formula is C12H18N2O4. The summed E-state index contributed by atoms with van der Waals surface area (Å²) in [4.78, 5) is 0. The third-order valence-electron chi connectivity index (χ3n) is 2.17. The predicted molar refractivity (Wildman–Crippen MR) is 67.1 cm³/mol. The lowest BCUT2D eigenvalue weighted by Gasteiger charge is -2.08. The van der Waals surface area contributed by atoms with Gasteiger partial charge in [0.25, 0.3) is 0 Å². The summed E-state index contributed by atoms with van der Waals surface area (Å²) in [5.74, 6) is 0.700. The molecule has 100 valence electrons. The van der Waals surface area contributed by atoms with Gasteiger partial charge in [0.05, 0.1) is 19.8 Å². The van der Waals surface area contributed by atoms with E-state index in [1.807, 2.05) is 0 Å². The van der Waals surface area contributed by atoms with Gasteiger partial charge in [-0.25, -0.2) is 0 Å². The van der Waals surface area contributed by atoms with E-state index in [9.17, 15) is 0 Å². The summed E-state index contributed by atoms with van der Waals surface area (Å²) in [6.45, 7) is 2.03. The molecule has 0 bridgehead atoms. The fourth-order valence-electron chi connectivity index (χ4n) is 1.27. The van der Waals surface area contributed by atoms with E-state index in [0.717, 1.165) is 0 Å². The average Bonchev–Trinajstić information content (AvgIpc) is 2.42. The summed E-state index contributed by atoms with van der Waals surface area (Å²) in [6, 6.07) is 7.00. The number of benzene rings is 1. The van der Waals surface area contributed by atoms with Crippen LogP contribution in [0.4, 0.5) is 0 Å². The molecule has 0 aliphatic heterocycles. The molecule has 0 spiro atoms. The van der Waals surface area contributed by atoms with Crippen molar-refractivity contribution in [1.29, 1.82) is 0 Å². The number of nitrogens with two attached hydrogens (primary N) is 1. The minimum absolute atomic E-state index is 0.0526. The summed E-state index contributed by atoms with van der Waals surface area (Å²) in [5.41, 5.74) is 6.09. The Morgan fingerprint density at radius 3 is 2.78 bits per heavy atom. The van der Waals surface area contributed by atoms with Crippen molar-refractivity contribution in [2.24, 2.45) is 10.9 Å². The Hall–Kier alpha value is -1.79. The maximum atomic E-state index is 8.57. The molecule has 0 aliphatic rings. The zero-order valence-corrected chi connectivity index (χ0v) is 10.3. The van der Waals surface area contributed by atoms with Crippen molar-refractivity contribution in [3.63, 3.8) is 0 Å². The highest BCUT2D eigenvalue weighted by Crippen LogP contribution is 2.12. The Kier molecular flexibility index (Phi) is 6.60. The third-order valence-corrected chi connectivity index (χ3v) is 2.17. The van der Waals surface area contributed by atoms with Crippen molar-refractivity contribution in [2.45, 2.75) is 0 Å². The molecule has 6 heteroatoms. The van der Waals surface area contributed by atoms with E-state index in [1.54, 1.807) is 31.4 Å². The number of amidine groups is 1. The molecule has 1 aromatic rings. The molecule has 0 aromatic heterocycles. The number of ether oxygens (including phenoxy) is 3. The van der Waals surface area contributed by atoms with Crippen LogP contribution in [0.3, 0.4) is 0 Å². The lowest BCUT2D eigenvalue weighted by atomic mass is 10.2. The van der Waals surface area contributed by atoms with Crippen molar-refractivity contribution in [3.8, 4) is 5.75 Å². The highest BCUT2D eigenvalue weighted by atomic mass is 16.5. The Bertz CT molecular complexity index is 382. The molecule has 1 rings (SSSR count). The minimum Gasteiger partial charge on any atom is -0.491 e. The van der Waals surface area contributed by atoms with E-state index >= 15 is 0 Å². The Balaban J connectivity index is 2.34. The lowest BCUT2D eigenvalue weighted by Crippen LogP contribution is -2.13. The van der Waals surface area contributed by atoms with Gasteiger partial charge in [0.2, 0.25) is 0 Å². The molecule has 0 unspecified atom stereocenters. The fourth-order valence-corrected chi connectivity index (χ4v) is 1.27. The summed E-state index contributed by atoms with van der Waals surface area (Å²) in [7, 11) is 1.62. The van der Waals surface area contributed by atoms with E-state index in [0.29, 0.717) is 37.7 Å². The first kappa shape index (κ1) is 14.3. The van der Waals surface area contributed by atoms with Gasteiger partial charge in [-0.15, -0.1) is 0 Å². The third kappa shape index (κ3) is 5.03. The minimum atomic E-state index is 0.0526. The van der Waals surface area contributed by atoms with Crippen molar-refractivity contribution < 1.29 is 19.4 Å². The van der Waals surface area contributed by atoms with Gasteiger partial charge in [0, 0.05) is 12.7 Å². The number of hydrogen-bond donors (Lipinski definition) is 2. The number of oxime groups is 1. The summed E-state index contributed by atoms with van der Waals surface area (Å²) in [5, 5.41) is 11.5. The van der Waals surface area contributed by atoms with Crippen molar-refractivity contribution >= 4 is 5.84 Å². The van der Waals surface area contributed by atoms with Crippen molar-refractivity contribution in [3.05, 3.63) is 29.8 Å². The van der Waals surface area contributed by atoms with Crippen molar-refractivity contribution in [1.82, 2.24) is 0 Å². The second kappa shape index (κ2) is 8.32. The topological polar surface area (TPSA) is 86.3 Å². The second-order valence-electron chi connectivity index (χ2n) is 3.47. The molecule has 6 nitrogen and oxygen atoms in total. The molecule has 0 aliphatic carbocycles. The molecule has 3 N–H and O–H groups in total. The van der Waals surface area contributed by atoms with Crippen LogP contribution in [-0.2, 0) is 9.47 Å². The van der Waals surface area contributed by atoms with E-state index in [2.05, 4.69) is 5.16 Å². The van der Waals surface area contributed by atoms with E-state index in [4.69, 9.17) is 25.2 Å². The molecule has 18 heavy (non-hydrogen) atoms. The van der Waals surface area contributed by atoms with Crippen LogP contribution in [-0.4, -0.2) is 44.6 Å². The smallest absolute Gasteiger partial charge is 0.170 e.